The molecule has 0 bridgehead atoms. The Bertz CT molecular complexity index is 456. The van der Waals surface area contributed by atoms with E-state index in [1.54, 1.807) is 13.0 Å². The minimum absolute atomic E-state index is 0.352. The molecule has 1 rings (SSSR count). The molecule has 1 heterocycles. The number of hydrogen-bond donors (Lipinski definition) is 1. The molecule has 14 heavy (non-hydrogen) atoms. The molecule has 5 heteroatoms. The lowest BCUT2D eigenvalue weighted by Gasteiger charge is -1.97. The highest BCUT2D eigenvalue weighted by Crippen LogP contribution is 2.10. The zero-order valence-electron chi connectivity index (χ0n) is 8.42. The van der Waals surface area contributed by atoms with Crippen LogP contribution in [0.15, 0.2) is 6.07 Å². The fourth-order valence-corrected chi connectivity index (χ4v) is 1.96. The van der Waals surface area contributed by atoms with Crippen LogP contribution in [0, 0.1) is 13.8 Å². The largest absolute Gasteiger partial charge is 0.362 e. The Hall–Kier alpha value is -1.10. The quantitative estimate of drug-likeness (QED) is 0.760. The summed E-state index contributed by atoms with van der Waals surface area (Å²) in [5.41, 5.74) is 2.04. The van der Waals surface area contributed by atoms with E-state index >= 15 is 0 Å². The molecule has 0 aliphatic carbocycles. The van der Waals surface area contributed by atoms with Gasteiger partial charge in [0.25, 0.3) is 0 Å². The molecule has 4 nitrogen and oxygen atoms in total. The monoisotopic (exact) mass is 215 g/mol. The second kappa shape index (κ2) is 3.57. The number of H-pyrrole nitrogens is 1. The van der Waals surface area contributed by atoms with Gasteiger partial charge >= 0.3 is 0 Å². The molecule has 0 aliphatic rings. The lowest BCUT2D eigenvalue weighted by Crippen LogP contribution is -2.14. The Morgan fingerprint density at radius 1 is 1.43 bits per heavy atom. The van der Waals surface area contributed by atoms with Gasteiger partial charge in [-0.05, 0) is 19.9 Å². The van der Waals surface area contributed by atoms with E-state index in [0.717, 1.165) is 17.6 Å². The third kappa shape index (κ3) is 2.70. The Morgan fingerprint density at radius 3 is 2.36 bits per heavy atom. The van der Waals surface area contributed by atoms with Gasteiger partial charge in [0, 0.05) is 23.2 Å². The first-order chi connectivity index (χ1) is 6.29. The summed E-state index contributed by atoms with van der Waals surface area (Å²) < 4.78 is 21.8. The van der Waals surface area contributed by atoms with Gasteiger partial charge < -0.3 is 4.98 Å². The van der Waals surface area contributed by atoms with Crippen molar-refractivity contribution in [2.75, 3.05) is 12.0 Å². The first-order valence-electron chi connectivity index (χ1n) is 4.17. The van der Waals surface area contributed by atoms with E-state index in [2.05, 4.69) is 4.98 Å². The van der Waals surface area contributed by atoms with Gasteiger partial charge in [0.15, 0.2) is 15.6 Å². The van der Waals surface area contributed by atoms with Gasteiger partial charge in [-0.2, -0.15) is 0 Å². The predicted octanol–water partition coefficient (Wildman–Crippen LogP) is 0.859. The number of carbonyl (C=O) groups is 1. The van der Waals surface area contributed by atoms with Crippen molar-refractivity contribution in [2.24, 2.45) is 0 Å². The van der Waals surface area contributed by atoms with Crippen molar-refractivity contribution in [3.63, 3.8) is 0 Å². The number of sulfone groups is 1. The van der Waals surface area contributed by atoms with E-state index in [9.17, 15) is 13.2 Å². The molecule has 0 aliphatic heterocycles. The van der Waals surface area contributed by atoms with Gasteiger partial charge in [0.2, 0.25) is 0 Å². The Balaban J connectivity index is 2.96. The average molecular weight is 215 g/mol. The molecule has 0 unspecified atom stereocenters. The number of Topliss-reactive ketones (excluding diaryl/α,β-unsaturated/α-hetero) is 1. The van der Waals surface area contributed by atoms with Gasteiger partial charge in [0.05, 0.1) is 0 Å². The maximum Gasteiger partial charge on any atom is 0.179 e. The van der Waals surface area contributed by atoms with Crippen molar-refractivity contribution < 1.29 is 13.2 Å². The number of ketones is 1. The van der Waals surface area contributed by atoms with Crippen molar-refractivity contribution in [1.82, 2.24) is 4.98 Å². The number of hydrogen-bond acceptors (Lipinski definition) is 3. The zero-order valence-corrected chi connectivity index (χ0v) is 9.23. The number of rotatable bonds is 3. The van der Waals surface area contributed by atoms with Crippen LogP contribution < -0.4 is 0 Å². The standard InChI is InChI=1S/C9H13NO3S/c1-6-4-8(7(2)10-6)9(11)5-14(3,12)13/h4,10H,5H2,1-3H3. The third-order valence-corrected chi connectivity index (χ3v) is 2.63. The van der Waals surface area contributed by atoms with Crippen LogP contribution in [0.5, 0.6) is 0 Å². The summed E-state index contributed by atoms with van der Waals surface area (Å²) in [6, 6.07) is 1.67. The SMILES string of the molecule is Cc1cc(C(=O)CS(C)(=O)=O)c(C)[nH]1. The molecule has 1 aromatic heterocycles. The van der Waals surface area contributed by atoms with Gasteiger partial charge in [0.1, 0.15) is 5.75 Å². The molecule has 0 radical (unpaired) electrons. The van der Waals surface area contributed by atoms with Crippen molar-refractivity contribution in [1.29, 1.82) is 0 Å². The smallest absolute Gasteiger partial charge is 0.179 e. The molecule has 1 aromatic rings. The molecule has 0 atom stereocenters. The lowest BCUT2D eigenvalue weighted by molar-refractivity contribution is 0.102. The van der Waals surface area contributed by atoms with Crippen LogP contribution in [0.4, 0.5) is 0 Å². The summed E-state index contributed by atoms with van der Waals surface area (Å²) in [4.78, 5) is 14.5. The molecular weight excluding hydrogens is 202 g/mol. The second-order valence-electron chi connectivity index (χ2n) is 3.48. The van der Waals surface area contributed by atoms with E-state index in [4.69, 9.17) is 0 Å². The van der Waals surface area contributed by atoms with Crippen molar-refractivity contribution in [3.8, 4) is 0 Å². The number of carbonyl (C=O) groups excluding carboxylic acids is 1. The molecule has 0 spiro atoms. The van der Waals surface area contributed by atoms with E-state index < -0.39 is 15.6 Å². The number of aromatic nitrogens is 1. The van der Waals surface area contributed by atoms with Crippen molar-refractivity contribution in [2.45, 2.75) is 13.8 Å². The van der Waals surface area contributed by atoms with Crippen molar-refractivity contribution >= 4 is 15.6 Å². The predicted molar refractivity (Wildman–Crippen MR) is 54.3 cm³/mol. The summed E-state index contributed by atoms with van der Waals surface area (Å²) in [6.07, 6.45) is 1.06. The molecule has 0 fully saturated rings. The fourth-order valence-electron chi connectivity index (χ4n) is 1.33. The Kier molecular flexibility index (Phi) is 2.80. The topological polar surface area (TPSA) is 67.0 Å². The van der Waals surface area contributed by atoms with Gasteiger partial charge in [-0.1, -0.05) is 0 Å². The molecule has 0 amide bonds. The zero-order chi connectivity index (χ0) is 10.9. The highest BCUT2D eigenvalue weighted by atomic mass is 32.2. The summed E-state index contributed by atoms with van der Waals surface area (Å²) in [7, 11) is -3.24. The molecule has 78 valence electrons. The maximum atomic E-state index is 11.5. The molecule has 0 saturated carbocycles. The molecular formula is C9H13NO3S. The second-order valence-corrected chi connectivity index (χ2v) is 5.62. The summed E-state index contributed by atoms with van der Waals surface area (Å²) in [6.45, 7) is 3.58. The summed E-state index contributed by atoms with van der Waals surface area (Å²) in [5.74, 6) is -0.778. The number of aryl methyl sites for hydroxylation is 2. The van der Waals surface area contributed by atoms with Crippen LogP contribution in [-0.4, -0.2) is 31.2 Å². The molecule has 0 aromatic carbocycles. The van der Waals surface area contributed by atoms with Crippen LogP contribution >= 0.6 is 0 Å². The van der Waals surface area contributed by atoms with Crippen LogP contribution in [0.25, 0.3) is 0 Å². The van der Waals surface area contributed by atoms with Crippen LogP contribution in [-0.2, 0) is 9.84 Å². The van der Waals surface area contributed by atoms with E-state index in [1.165, 1.54) is 0 Å². The normalized spacial score (nSPS) is 11.6. The number of nitrogens with one attached hydrogen (secondary N) is 1. The minimum Gasteiger partial charge on any atom is -0.362 e. The highest BCUT2D eigenvalue weighted by molar-refractivity contribution is 7.91. The van der Waals surface area contributed by atoms with Crippen LogP contribution in [0.3, 0.4) is 0 Å². The van der Waals surface area contributed by atoms with E-state index in [1.807, 2.05) is 6.92 Å². The Morgan fingerprint density at radius 2 is 2.00 bits per heavy atom. The van der Waals surface area contributed by atoms with Crippen LogP contribution in [0.1, 0.15) is 21.7 Å². The lowest BCUT2D eigenvalue weighted by atomic mass is 10.2. The fraction of sp³-hybridized carbons (Fsp3) is 0.444. The number of aromatic amines is 1. The average Bonchev–Trinajstić information content (AvgIpc) is 2.26. The van der Waals surface area contributed by atoms with Gasteiger partial charge in [-0.25, -0.2) is 8.42 Å². The van der Waals surface area contributed by atoms with Crippen molar-refractivity contribution in [3.05, 3.63) is 23.0 Å². The highest BCUT2D eigenvalue weighted by Gasteiger charge is 2.16. The van der Waals surface area contributed by atoms with Gasteiger partial charge in [-0.3, -0.25) is 4.79 Å². The van der Waals surface area contributed by atoms with Crippen LogP contribution in [0.2, 0.25) is 0 Å². The maximum absolute atomic E-state index is 11.5. The van der Waals surface area contributed by atoms with E-state index in [-0.39, 0.29) is 5.78 Å². The molecule has 0 saturated heterocycles. The minimum atomic E-state index is -3.24. The Labute approximate surface area is 83.3 Å². The summed E-state index contributed by atoms with van der Waals surface area (Å²) >= 11 is 0. The summed E-state index contributed by atoms with van der Waals surface area (Å²) in [5, 5.41) is 0. The first kappa shape index (κ1) is 11.0. The first-order valence-corrected chi connectivity index (χ1v) is 6.23. The molecule has 1 N–H and O–H groups in total. The van der Waals surface area contributed by atoms with E-state index in [0.29, 0.717) is 5.56 Å². The third-order valence-electron chi connectivity index (χ3n) is 1.84. The van der Waals surface area contributed by atoms with Gasteiger partial charge in [-0.15, -0.1) is 0 Å².